The topological polar surface area (TPSA) is 102 Å². The molecule has 1 aromatic carbocycles. The summed E-state index contributed by atoms with van der Waals surface area (Å²) in [4.78, 5) is 34.4. The number of nitrogens with zero attached hydrogens (tertiary/aromatic N) is 3. The number of nitrogens with one attached hydrogen (secondary N) is 1. The molecular formula is C20H17N5O2S. The van der Waals surface area contributed by atoms with E-state index in [-0.39, 0.29) is 23.3 Å². The number of thiophene rings is 1. The third kappa shape index (κ3) is 3.25. The summed E-state index contributed by atoms with van der Waals surface area (Å²) in [5.74, 6) is -0.988. The van der Waals surface area contributed by atoms with E-state index in [9.17, 15) is 9.59 Å². The first-order chi connectivity index (χ1) is 13.5. The zero-order valence-electron chi connectivity index (χ0n) is 15.0. The third-order valence-electron chi connectivity index (χ3n) is 4.35. The lowest BCUT2D eigenvalue weighted by Crippen LogP contribution is -2.28. The maximum Gasteiger partial charge on any atom is 0.271 e. The zero-order valence-corrected chi connectivity index (χ0v) is 15.8. The van der Waals surface area contributed by atoms with Crippen molar-refractivity contribution in [3.63, 3.8) is 0 Å². The summed E-state index contributed by atoms with van der Waals surface area (Å²) in [6.45, 7) is 1.92. The van der Waals surface area contributed by atoms with Gasteiger partial charge in [0.25, 0.3) is 11.8 Å². The first-order valence-corrected chi connectivity index (χ1v) is 9.50. The molecule has 7 nitrogen and oxygen atoms in total. The lowest BCUT2D eigenvalue weighted by atomic mass is 10.1. The van der Waals surface area contributed by atoms with E-state index in [2.05, 4.69) is 15.3 Å². The predicted octanol–water partition coefficient (Wildman–Crippen LogP) is 3.05. The minimum absolute atomic E-state index is 0.0261. The van der Waals surface area contributed by atoms with Crippen LogP contribution in [-0.2, 0) is 0 Å². The van der Waals surface area contributed by atoms with Crippen LogP contribution in [0.3, 0.4) is 0 Å². The summed E-state index contributed by atoms with van der Waals surface area (Å²) in [6.07, 6.45) is 1.39. The van der Waals surface area contributed by atoms with E-state index in [4.69, 9.17) is 5.73 Å². The number of hydrogen-bond donors (Lipinski definition) is 2. The van der Waals surface area contributed by atoms with E-state index in [1.807, 2.05) is 54.8 Å². The quantitative estimate of drug-likeness (QED) is 0.546. The number of rotatable bonds is 5. The molecule has 0 bridgehead atoms. The second-order valence-corrected chi connectivity index (χ2v) is 7.23. The summed E-state index contributed by atoms with van der Waals surface area (Å²) in [6, 6.07) is 14.9. The van der Waals surface area contributed by atoms with Gasteiger partial charge >= 0.3 is 0 Å². The highest BCUT2D eigenvalue weighted by atomic mass is 32.1. The van der Waals surface area contributed by atoms with Crippen LogP contribution in [-0.4, -0.2) is 26.2 Å². The molecule has 3 N–H and O–H groups in total. The molecule has 0 spiro atoms. The van der Waals surface area contributed by atoms with Crippen LogP contribution in [0.5, 0.6) is 0 Å². The molecule has 0 saturated heterocycles. The molecule has 28 heavy (non-hydrogen) atoms. The molecule has 2 amide bonds. The molecule has 3 aromatic heterocycles. The van der Waals surface area contributed by atoms with Crippen molar-refractivity contribution < 1.29 is 9.59 Å². The molecular weight excluding hydrogens is 374 g/mol. The second kappa shape index (κ2) is 7.24. The van der Waals surface area contributed by atoms with Gasteiger partial charge in [0.15, 0.2) is 11.3 Å². The van der Waals surface area contributed by atoms with Crippen LogP contribution in [0.1, 0.15) is 38.8 Å². The maximum atomic E-state index is 13.0. The Kier molecular flexibility index (Phi) is 4.62. The summed E-state index contributed by atoms with van der Waals surface area (Å²) in [5, 5.41) is 4.95. The van der Waals surface area contributed by atoms with Crippen LogP contribution in [0, 0.1) is 0 Å². The van der Waals surface area contributed by atoms with Crippen molar-refractivity contribution in [2.24, 2.45) is 5.73 Å². The van der Waals surface area contributed by atoms with Crippen LogP contribution >= 0.6 is 11.3 Å². The molecule has 0 saturated carbocycles. The summed E-state index contributed by atoms with van der Waals surface area (Å²) >= 11 is 1.57. The van der Waals surface area contributed by atoms with Crippen molar-refractivity contribution in [1.82, 2.24) is 19.7 Å². The Hall–Kier alpha value is -3.52. The summed E-state index contributed by atoms with van der Waals surface area (Å²) in [7, 11) is 0. The van der Waals surface area contributed by atoms with Gasteiger partial charge < -0.3 is 11.1 Å². The average Bonchev–Trinajstić information content (AvgIpc) is 3.37. The highest BCUT2D eigenvalue weighted by Crippen LogP contribution is 2.23. The Labute approximate surface area is 164 Å². The molecule has 0 unspecified atom stereocenters. The number of carbonyl (C=O) groups is 2. The Bertz CT molecular complexity index is 1150. The molecule has 4 aromatic rings. The van der Waals surface area contributed by atoms with Gasteiger partial charge in [-0.1, -0.05) is 36.4 Å². The largest absolute Gasteiger partial charge is 0.364 e. The van der Waals surface area contributed by atoms with Crippen molar-refractivity contribution in [1.29, 1.82) is 0 Å². The molecule has 8 heteroatoms. The van der Waals surface area contributed by atoms with E-state index in [1.165, 1.54) is 10.7 Å². The molecule has 4 rings (SSSR count). The number of benzene rings is 1. The van der Waals surface area contributed by atoms with Crippen molar-refractivity contribution in [2.75, 3.05) is 0 Å². The van der Waals surface area contributed by atoms with E-state index >= 15 is 0 Å². The van der Waals surface area contributed by atoms with Gasteiger partial charge in [0.2, 0.25) is 0 Å². The molecule has 0 radical (unpaired) electrons. The van der Waals surface area contributed by atoms with Crippen molar-refractivity contribution in [3.8, 4) is 11.3 Å². The molecule has 0 aliphatic carbocycles. The summed E-state index contributed by atoms with van der Waals surface area (Å²) in [5.41, 5.74) is 7.42. The normalized spacial score (nSPS) is 12.0. The fourth-order valence-electron chi connectivity index (χ4n) is 2.96. The number of carbonyl (C=O) groups excluding carboxylic acids is 2. The first kappa shape index (κ1) is 17.9. The van der Waals surface area contributed by atoms with E-state index in [1.54, 1.807) is 17.4 Å². The second-order valence-electron chi connectivity index (χ2n) is 6.25. The molecule has 0 aliphatic heterocycles. The van der Waals surface area contributed by atoms with Crippen LogP contribution in [0.15, 0.2) is 60.2 Å². The number of imidazole rings is 1. The Balaban J connectivity index is 1.82. The highest BCUT2D eigenvalue weighted by molar-refractivity contribution is 7.10. The van der Waals surface area contributed by atoms with Gasteiger partial charge in [-0.05, 0) is 24.4 Å². The van der Waals surface area contributed by atoms with Crippen LogP contribution in [0.25, 0.3) is 16.9 Å². The molecule has 140 valence electrons. The number of primary amides is 1. The van der Waals surface area contributed by atoms with Crippen LogP contribution in [0.4, 0.5) is 0 Å². The van der Waals surface area contributed by atoms with Gasteiger partial charge in [-0.15, -0.1) is 11.3 Å². The first-order valence-electron chi connectivity index (χ1n) is 8.62. The standard InChI is InChI=1S/C20H17N5O2S/c1-12(16-8-5-9-28-16)23-20(27)15-10-14(13-6-3-2-4-7-13)24-19-17(18(21)26)22-11-25(15)19/h2-12H,1H3,(H2,21,26)(H,23,27)/t12-/m0/s1. The number of amides is 2. The SMILES string of the molecule is C[C@H](NC(=O)c1cc(-c2ccccc2)nc2c(C(N)=O)ncn12)c1cccs1. The molecule has 0 aliphatic rings. The van der Waals surface area contributed by atoms with Gasteiger partial charge in [0.1, 0.15) is 12.0 Å². The smallest absolute Gasteiger partial charge is 0.271 e. The summed E-state index contributed by atoms with van der Waals surface area (Å²) < 4.78 is 1.49. The Morgan fingerprint density at radius 3 is 2.64 bits per heavy atom. The monoisotopic (exact) mass is 391 g/mol. The van der Waals surface area contributed by atoms with Crippen molar-refractivity contribution in [2.45, 2.75) is 13.0 Å². The van der Waals surface area contributed by atoms with E-state index < -0.39 is 5.91 Å². The lowest BCUT2D eigenvalue weighted by molar-refractivity contribution is 0.0932. The third-order valence-corrected chi connectivity index (χ3v) is 5.41. The van der Waals surface area contributed by atoms with Gasteiger partial charge in [-0.3, -0.25) is 14.0 Å². The Morgan fingerprint density at radius 2 is 1.96 bits per heavy atom. The van der Waals surface area contributed by atoms with E-state index in [0.717, 1.165) is 10.4 Å². The minimum Gasteiger partial charge on any atom is -0.364 e. The van der Waals surface area contributed by atoms with Crippen LogP contribution in [0.2, 0.25) is 0 Å². The number of nitrogens with two attached hydrogens (primary N) is 1. The lowest BCUT2D eigenvalue weighted by Gasteiger charge is -2.14. The average molecular weight is 391 g/mol. The van der Waals surface area contributed by atoms with E-state index in [0.29, 0.717) is 11.4 Å². The van der Waals surface area contributed by atoms with Crippen LogP contribution < -0.4 is 11.1 Å². The van der Waals surface area contributed by atoms with Crippen molar-refractivity contribution >= 4 is 28.8 Å². The maximum absolute atomic E-state index is 13.0. The zero-order chi connectivity index (χ0) is 19.7. The molecule has 3 heterocycles. The van der Waals surface area contributed by atoms with Gasteiger partial charge in [0.05, 0.1) is 11.7 Å². The van der Waals surface area contributed by atoms with Gasteiger partial charge in [0, 0.05) is 10.4 Å². The number of hydrogen-bond acceptors (Lipinski definition) is 5. The minimum atomic E-state index is -0.696. The number of aromatic nitrogens is 3. The van der Waals surface area contributed by atoms with Crippen molar-refractivity contribution in [3.05, 3.63) is 76.5 Å². The van der Waals surface area contributed by atoms with Gasteiger partial charge in [-0.25, -0.2) is 9.97 Å². The molecule has 1 atom stereocenters. The number of fused-ring (bicyclic) bond motifs is 1. The molecule has 0 fully saturated rings. The van der Waals surface area contributed by atoms with Gasteiger partial charge in [-0.2, -0.15) is 0 Å². The predicted molar refractivity (Wildman–Crippen MR) is 107 cm³/mol. The Morgan fingerprint density at radius 1 is 1.18 bits per heavy atom. The fourth-order valence-corrected chi connectivity index (χ4v) is 3.69. The fraction of sp³-hybridized carbons (Fsp3) is 0.100. The highest BCUT2D eigenvalue weighted by Gasteiger charge is 2.21.